The van der Waals surface area contributed by atoms with Crippen molar-refractivity contribution in [2.75, 3.05) is 33.3 Å². The summed E-state index contributed by atoms with van der Waals surface area (Å²) in [6.45, 7) is 0.932. The first-order chi connectivity index (χ1) is 20.3. The highest BCUT2D eigenvalue weighted by molar-refractivity contribution is 5.91. The Morgan fingerprint density at radius 2 is 1.74 bits per heavy atom. The van der Waals surface area contributed by atoms with Gasteiger partial charge < -0.3 is 25.0 Å². The van der Waals surface area contributed by atoms with Gasteiger partial charge in [0.1, 0.15) is 23.8 Å². The topological polar surface area (TPSA) is 106 Å². The van der Waals surface area contributed by atoms with E-state index in [0.29, 0.717) is 12.1 Å². The molecule has 220 valence electrons. The smallest absolute Gasteiger partial charge is 0.334 e. The second kappa shape index (κ2) is 13.0. The summed E-state index contributed by atoms with van der Waals surface area (Å²) in [6.07, 6.45) is -0.527. The van der Waals surface area contributed by atoms with E-state index in [1.165, 1.54) is 34.2 Å². The zero-order chi connectivity index (χ0) is 29.6. The molecule has 5 rings (SSSR count). The number of carbonyl (C=O) groups is 3. The number of phenolic OH excluding ortho intramolecular Hbond substituents is 1. The summed E-state index contributed by atoms with van der Waals surface area (Å²) < 4.78 is 19.3. The third-order valence-electron chi connectivity index (χ3n) is 7.46. The highest BCUT2D eigenvalue weighted by Gasteiger charge is 2.50. The number of benzene rings is 3. The quantitative estimate of drug-likeness (QED) is 0.380. The van der Waals surface area contributed by atoms with Gasteiger partial charge in [-0.05, 0) is 41.0 Å². The van der Waals surface area contributed by atoms with Gasteiger partial charge in [-0.1, -0.05) is 54.6 Å². The Morgan fingerprint density at radius 1 is 1.00 bits per heavy atom. The van der Waals surface area contributed by atoms with Crippen LogP contribution in [0.1, 0.15) is 16.7 Å². The highest BCUT2D eigenvalue weighted by Crippen LogP contribution is 2.28. The van der Waals surface area contributed by atoms with Crippen LogP contribution in [-0.2, 0) is 33.9 Å². The molecule has 2 atom stereocenters. The van der Waals surface area contributed by atoms with Crippen LogP contribution < -0.4 is 5.32 Å². The number of hydrogen-bond acceptors (Lipinski definition) is 6. The molecule has 0 saturated carbocycles. The summed E-state index contributed by atoms with van der Waals surface area (Å²) in [6, 6.07) is 20.9. The minimum Gasteiger partial charge on any atom is -0.508 e. The van der Waals surface area contributed by atoms with Crippen molar-refractivity contribution in [3.63, 3.8) is 0 Å². The Morgan fingerprint density at radius 3 is 2.48 bits per heavy atom. The van der Waals surface area contributed by atoms with Gasteiger partial charge in [-0.3, -0.25) is 9.59 Å². The van der Waals surface area contributed by atoms with Crippen molar-refractivity contribution in [3.8, 4) is 5.75 Å². The van der Waals surface area contributed by atoms with Crippen LogP contribution in [0.4, 0.5) is 9.18 Å². The number of nitrogens with zero attached hydrogens (tertiary/aromatic N) is 4. The van der Waals surface area contributed by atoms with Crippen LogP contribution in [0, 0.1) is 5.82 Å². The van der Waals surface area contributed by atoms with Crippen LogP contribution in [0.3, 0.4) is 0 Å². The molecule has 42 heavy (non-hydrogen) atoms. The summed E-state index contributed by atoms with van der Waals surface area (Å²) in [7, 11) is 1.68. The summed E-state index contributed by atoms with van der Waals surface area (Å²) in [4.78, 5) is 43.9. The van der Waals surface area contributed by atoms with Gasteiger partial charge >= 0.3 is 6.03 Å². The van der Waals surface area contributed by atoms with Crippen LogP contribution in [0.25, 0.3) is 0 Å². The van der Waals surface area contributed by atoms with Crippen LogP contribution in [0.15, 0.2) is 78.9 Å². The van der Waals surface area contributed by atoms with Crippen LogP contribution in [-0.4, -0.2) is 88.3 Å². The lowest BCUT2D eigenvalue weighted by atomic mass is 9.98. The van der Waals surface area contributed by atoms with E-state index in [2.05, 4.69) is 5.32 Å². The number of rotatable bonds is 9. The number of urea groups is 1. The molecule has 2 fully saturated rings. The molecule has 0 bridgehead atoms. The van der Waals surface area contributed by atoms with Crippen molar-refractivity contribution in [1.82, 2.24) is 25.1 Å². The zero-order valence-electron chi connectivity index (χ0n) is 23.4. The standard InChI is InChI=1S/C31H34FN5O5/c1-34-20-29(39)36-27(17-22-10-12-26(38)13-11-22)30(40)35(14-15-42-21-24-8-5-9-25(32)16-24)19-28(36)37(34)31(41)33-18-23-6-3-2-4-7-23/h2-13,16,27-28,38H,14-15,17-21H2,1H3,(H,33,41)/t27-,28-/m0/s1. The molecule has 11 heteroatoms. The number of ether oxygens (including phenoxy) is 1. The molecular weight excluding hydrogens is 541 g/mol. The summed E-state index contributed by atoms with van der Waals surface area (Å²) in [5.41, 5.74) is 2.37. The molecular formula is C31H34FN5O5. The van der Waals surface area contributed by atoms with Crippen molar-refractivity contribution in [1.29, 1.82) is 0 Å². The van der Waals surface area contributed by atoms with Crippen molar-refractivity contribution in [2.24, 2.45) is 0 Å². The number of likely N-dealkylation sites (N-methyl/N-ethyl adjacent to an activating group) is 1. The Kier molecular flexibility index (Phi) is 8.99. The van der Waals surface area contributed by atoms with E-state index in [1.54, 1.807) is 41.2 Å². The summed E-state index contributed by atoms with van der Waals surface area (Å²) in [5, 5.41) is 15.8. The van der Waals surface area contributed by atoms with Gasteiger partial charge in [0, 0.05) is 26.6 Å². The minimum atomic E-state index is -0.859. The number of amides is 4. The van der Waals surface area contributed by atoms with Crippen molar-refractivity contribution < 1.29 is 28.6 Å². The first-order valence-electron chi connectivity index (χ1n) is 13.8. The molecule has 10 nitrogen and oxygen atoms in total. The number of aromatic hydroxyl groups is 1. The highest BCUT2D eigenvalue weighted by atomic mass is 19.1. The fourth-order valence-corrected chi connectivity index (χ4v) is 5.41. The molecule has 0 unspecified atom stereocenters. The predicted octanol–water partition coefficient (Wildman–Crippen LogP) is 2.73. The monoisotopic (exact) mass is 575 g/mol. The first-order valence-corrected chi connectivity index (χ1v) is 13.8. The predicted molar refractivity (Wildman–Crippen MR) is 152 cm³/mol. The fourth-order valence-electron chi connectivity index (χ4n) is 5.41. The lowest BCUT2D eigenvalue weighted by molar-refractivity contribution is -0.187. The molecule has 0 aromatic heterocycles. The van der Waals surface area contributed by atoms with Gasteiger partial charge in [0.15, 0.2) is 0 Å². The summed E-state index contributed by atoms with van der Waals surface area (Å²) >= 11 is 0. The maximum Gasteiger partial charge on any atom is 0.334 e. The molecule has 2 heterocycles. The third-order valence-corrected chi connectivity index (χ3v) is 7.46. The molecule has 0 spiro atoms. The van der Waals surface area contributed by atoms with E-state index in [-0.39, 0.29) is 68.7 Å². The first kappa shape index (κ1) is 29.0. The maximum atomic E-state index is 13.8. The molecule has 0 aliphatic carbocycles. The number of piperazine rings is 1. The third kappa shape index (κ3) is 6.69. The van der Waals surface area contributed by atoms with Crippen LogP contribution >= 0.6 is 0 Å². The molecule has 2 aliphatic heterocycles. The number of nitrogens with one attached hydrogen (secondary N) is 1. The van der Waals surface area contributed by atoms with E-state index in [9.17, 15) is 23.9 Å². The van der Waals surface area contributed by atoms with Crippen molar-refractivity contribution in [2.45, 2.75) is 31.8 Å². The molecule has 2 saturated heterocycles. The van der Waals surface area contributed by atoms with Gasteiger partial charge in [0.25, 0.3) is 0 Å². The van der Waals surface area contributed by atoms with Gasteiger partial charge in [0.2, 0.25) is 11.8 Å². The second-order valence-corrected chi connectivity index (χ2v) is 10.4. The summed E-state index contributed by atoms with van der Waals surface area (Å²) in [5.74, 6) is -0.762. The Balaban J connectivity index is 1.35. The number of hydrogen-bond donors (Lipinski definition) is 2. The number of carbonyl (C=O) groups excluding carboxylic acids is 3. The molecule has 3 aromatic rings. The molecule has 0 radical (unpaired) electrons. The minimum absolute atomic E-state index is 0.0641. The molecule has 2 N–H and O–H groups in total. The van der Waals surface area contributed by atoms with Crippen LogP contribution in [0.5, 0.6) is 5.75 Å². The average Bonchev–Trinajstić information content (AvgIpc) is 2.97. The fraction of sp³-hybridized carbons (Fsp3) is 0.323. The van der Waals surface area contributed by atoms with Crippen molar-refractivity contribution >= 4 is 17.8 Å². The number of hydrazine groups is 1. The zero-order valence-corrected chi connectivity index (χ0v) is 23.4. The Labute approximate surface area is 243 Å². The van der Waals surface area contributed by atoms with Crippen LogP contribution in [0.2, 0.25) is 0 Å². The molecule has 4 amide bonds. The van der Waals surface area contributed by atoms with Gasteiger partial charge in [-0.2, -0.15) is 0 Å². The van der Waals surface area contributed by atoms with E-state index < -0.39 is 12.2 Å². The lowest BCUT2D eigenvalue weighted by Crippen LogP contribution is -2.76. The van der Waals surface area contributed by atoms with E-state index >= 15 is 0 Å². The van der Waals surface area contributed by atoms with E-state index in [4.69, 9.17) is 4.74 Å². The van der Waals surface area contributed by atoms with Gasteiger partial charge in [0.05, 0.1) is 26.3 Å². The maximum absolute atomic E-state index is 13.8. The van der Waals surface area contributed by atoms with Gasteiger partial charge in [-0.15, -0.1) is 0 Å². The Hall–Kier alpha value is -4.48. The number of fused-ring (bicyclic) bond motifs is 1. The molecule has 3 aromatic carbocycles. The second-order valence-electron chi connectivity index (χ2n) is 10.4. The van der Waals surface area contributed by atoms with Gasteiger partial charge in [-0.25, -0.2) is 19.2 Å². The molecule has 2 aliphatic rings. The number of phenols is 1. The van der Waals surface area contributed by atoms with E-state index in [1.807, 2.05) is 30.3 Å². The SMILES string of the molecule is CN1CC(=O)N2[C@@H](Cc3ccc(O)cc3)C(=O)N(CCOCc3cccc(F)c3)C[C@@H]2N1C(=O)NCc1ccccc1. The van der Waals surface area contributed by atoms with Crippen molar-refractivity contribution in [3.05, 3.63) is 101 Å². The number of halogens is 1. The van der Waals surface area contributed by atoms with E-state index in [0.717, 1.165) is 11.1 Å². The normalized spacial score (nSPS) is 19.1. The Bertz CT molecular complexity index is 1410. The lowest BCUT2D eigenvalue weighted by Gasteiger charge is -2.54. The largest absolute Gasteiger partial charge is 0.508 e. The average molecular weight is 576 g/mol.